The number of benzene rings is 2. The molecular weight excluding hydrogens is 307 g/mol. The molecule has 0 heterocycles. The van der Waals surface area contributed by atoms with Gasteiger partial charge in [-0.3, -0.25) is 0 Å². The Hall–Kier alpha value is -1.19. The second kappa shape index (κ2) is 5.85. The van der Waals surface area contributed by atoms with Crippen LogP contribution in [0.1, 0.15) is 28.4 Å². The van der Waals surface area contributed by atoms with Crippen LogP contribution in [-0.4, -0.2) is 5.11 Å². The largest absolute Gasteiger partial charge is 0.388 e. The van der Waals surface area contributed by atoms with E-state index in [0.29, 0.717) is 10.9 Å². The van der Waals surface area contributed by atoms with Crippen LogP contribution in [0.5, 0.6) is 0 Å². The first kappa shape index (κ1) is 14.2. The van der Waals surface area contributed by atoms with Crippen LogP contribution in [0.3, 0.4) is 0 Å². The van der Waals surface area contributed by atoms with Crippen molar-refractivity contribution in [2.24, 2.45) is 0 Å². The molecule has 0 saturated heterocycles. The molecule has 1 nitrogen and oxygen atoms in total. The molecule has 1 atom stereocenters. The zero-order valence-electron chi connectivity index (χ0n) is 11.0. The highest BCUT2D eigenvalue weighted by atomic mass is 79.9. The van der Waals surface area contributed by atoms with Crippen molar-refractivity contribution in [3.8, 4) is 0 Å². The molecule has 0 spiro atoms. The minimum Gasteiger partial charge on any atom is -0.388 e. The Balaban J connectivity index is 2.22. The van der Waals surface area contributed by atoms with Gasteiger partial charge in [0.1, 0.15) is 5.82 Å². The average molecular weight is 323 g/mol. The molecule has 0 aliphatic heterocycles. The molecule has 19 heavy (non-hydrogen) atoms. The Kier molecular flexibility index (Phi) is 4.38. The molecular formula is C16H16BrFO. The molecule has 2 rings (SSSR count). The van der Waals surface area contributed by atoms with Gasteiger partial charge in [0.2, 0.25) is 0 Å². The smallest absolute Gasteiger partial charge is 0.124 e. The SMILES string of the molecule is Cc1cc(C)cc(C(O)Cc2cc(F)cc(Br)c2)c1. The van der Waals surface area contributed by atoms with E-state index in [1.54, 1.807) is 0 Å². The summed E-state index contributed by atoms with van der Waals surface area (Å²) in [5.74, 6) is -0.294. The summed E-state index contributed by atoms with van der Waals surface area (Å²) >= 11 is 3.26. The lowest BCUT2D eigenvalue weighted by Crippen LogP contribution is -2.03. The summed E-state index contributed by atoms with van der Waals surface area (Å²) < 4.78 is 14.0. The fourth-order valence-corrected chi connectivity index (χ4v) is 2.78. The predicted octanol–water partition coefficient (Wildman–Crippen LogP) is 4.48. The van der Waals surface area contributed by atoms with E-state index in [2.05, 4.69) is 22.0 Å². The third-order valence-electron chi connectivity index (χ3n) is 2.98. The number of aliphatic hydroxyl groups is 1. The monoisotopic (exact) mass is 322 g/mol. The number of halogens is 2. The molecule has 1 unspecified atom stereocenters. The molecule has 2 aromatic rings. The number of rotatable bonds is 3. The van der Waals surface area contributed by atoms with Crippen molar-refractivity contribution in [1.29, 1.82) is 0 Å². The van der Waals surface area contributed by atoms with Crippen LogP contribution < -0.4 is 0 Å². The van der Waals surface area contributed by atoms with Gasteiger partial charge in [0.15, 0.2) is 0 Å². The number of hydrogen-bond donors (Lipinski definition) is 1. The van der Waals surface area contributed by atoms with E-state index in [1.165, 1.54) is 12.1 Å². The zero-order chi connectivity index (χ0) is 14.0. The van der Waals surface area contributed by atoms with Gasteiger partial charge < -0.3 is 5.11 Å². The third-order valence-corrected chi connectivity index (χ3v) is 3.44. The summed E-state index contributed by atoms with van der Waals surface area (Å²) in [4.78, 5) is 0. The maximum atomic E-state index is 13.3. The normalized spacial score (nSPS) is 12.5. The molecule has 0 aliphatic rings. The first-order valence-corrected chi connectivity index (χ1v) is 6.94. The van der Waals surface area contributed by atoms with E-state index < -0.39 is 6.10 Å². The van der Waals surface area contributed by atoms with Gasteiger partial charge in [-0.05, 0) is 43.2 Å². The average Bonchev–Trinajstić information content (AvgIpc) is 2.25. The van der Waals surface area contributed by atoms with Gasteiger partial charge in [0.25, 0.3) is 0 Å². The van der Waals surface area contributed by atoms with Crippen LogP contribution >= 0.6 is 15.9 Å². The summed E-state index contributed by atoms with van der Waals surface area (Å²) in [5, 5.41) is 10.3. The Morgan fingerprint density at radius 3 is 2.26 bits per heavy atom. The quantitative estimate of drug-likeness (QED) is 0.883. The highest BCUT2D eigenvalue weighted by Crippen LogP contribution is 2.23. The summed E-state index contributed by atoms with van der Waals surface area (Å²) in [6.45, 7) is 4.00. The molecule has 0 fully saturated rings. The molecule has 3 heteroatoms. The van der Waals surface area contributed by atoms with Crippen molar-refractivity contribution in [3.63, 3.8) is 0 Å². The molecule has 0 radical (unpaired) electrons. The third kappa shape index (κ3) is 3.88. The fourth-order valence-electron chi connectivity index (χ4n) is 2.27. The van der Waals surface area contributed by atoms with Crippen LogP contribution in [0, 0.1) is 19.7 Å². The maximum Gasteiger partial charge on any atom is 0.124 e. The molecule has 0 amide bonds. The van der Waals surface area contributed by atoms with Crippen LogP contribution in [0.15, 0.2) is 40.9 Å². The second-order valence-corrected chi connectivity index (χ2v) is 5.83. The minimum atomic E-state index is -0.618. The Morgan fingerprint density at radius 1 is 1.05 bits per heavy atom. The van der Waals surface area contributed by atoms with Crippen molar-refractivity contribution in [2.45, 2.75) is 26.4 Å². The summed E-state index contributed by atoms with van der Waals surface area (Å²) in [6, 6.07) is 10.7. The lowest BCUT2D eigenvalue weighted by Gasteiger charge is -2.13. The van der Waals surface area contributed by atoms with Crippen LogP contribution in [-0.2, 0) is 6.42 Å². The van der Waals surface area contributed by atoms with Gasteiger partial charge in [-0.2, -0.15) is 0 Å². The highest BCUT2D eigenvalue weighted by Gasteiger charge is 2.11. The van der Waals surface area contributed by atoms with Gasteiger partial charge in [0, 0.05) is 10.9 Å². The van der Waals surface area contributed by atoms with Crippen molar-refractivity contribution in [2.75, 3.05) is 0 Å². The van der Waals surface area contributed by atoms with Gasteiger partial charge in [-0.15, -0.1) is 0 Å². The predicted molar refractivity (Wildman–Crippen MR) is 78.7 cm³/mol. The first-order chi connectivity index (χ1) is 8.94. The number of aryl methyl sites for hydroxylation is 2. The molecule has 0 aromatic heterocycles. The lowest BCUT2D eigenvalue weighted by atomic mass is 9.98. The van der Waals surface area contributed by atoms with Crippen LogP contribution in [0.2, 0.25) is 0 Å². The first-order valence-electron chi connectivity index (χ1n) is 6.15. The second-order valence-electron chi connectivity index (χ2n) is 4.92. The highest BCUT2D eigenvalue weighted by molar-refractivity contribution is 9.10. The number of aliphatic hydroxyl groups excluding tert-OH is 1. The van der Waals surface area contributed by atoms with Crippen molar-refractivity contribution < 1.29 is 9.50 Å². The van der Waals surface area contributed by atoms with Gasteiger partial charge in [-0.25, -0.2) is 4.39 Å². The van der Waals surface area contributed by atoms with Crippen molar-refractivity contribution >= 4 is 15.9 Å². The van der Waals surface area contributed by atoms with Crippen LogP contribution in [0.4, 0.5) is 4.39 Å². The minimum absolute atomic E-state index is 0.294. The number of hydrogen-bond acceptors (Lipinski definition) is 1. The molecule has 0 aliphatic carbocycles. The van der Waals surface area contributed by atoms with Gasteiger partial charge >= 0.3 is 0 Å². The van der Waals surface area contributed by atoms with E-state index in [1.807, 2.05) is 32.0 Å². The molecule has 1 N–H and O–H groups in total. The summed E-state index contributed by atoms with van der Waals surface area (Å²) in [5.41, 5.74) is 3.89. The standard InChI is InChI=1S/C16H16BrFO/c1-10-3-11(2)5-13(4-10)16(19)8-12-6-14(17)9-15(18)7-12/h3-7,9,16,19H,8H2,1-2H3. The molecule has 100 valence electrons. The van der Waals surface area contributed by atoms with E-state index in [-0.39, 0.29) is 5.82 Å². The van der Waals surface area contributed by atoms with Gasteiger partial charge in [-0.1, -0.05) is 45.3 Å². The lowest BCUT2D eigenvalue weighted by molar-refractivity contribution is 0.178. The topological polar surface area (TPSA) is 20.2 Å². The molecule has 0 saturated carbocycles. The maximum absolute atomic E-state index is 13.3. The molecule has 0 bridgehead atoms. The summed E-state index contributed by atoms with van der Waals surface area (Å²) in [6.07, 6.45) is -0.216. The zero-order valence-corrected chi connectivity index (χ0v) is 12.5. The Labute approximate surface area is 121 Å². The van der Waals surface area contributed by atoms with E-state index in [4.69, 9.17) is 0 Å². The summed E-state index contributed by atoms with van der Waals surface area (Å²) in [7, 11) is 0. The van der Waals surface area contributed by atoms with E-state index >= 15 is 0 Å². The van der Waals surface area contributed by atoms with Crippen molar-refractivity contribution in [1.82, 2.24) is 0 Å². The van der Waals surface area contributed by atoms with E-state index in [0.717, 1.165) is 22.3 Å². The fraction of sp³-hybridized carbons (Fsp3) is 0.250. The van der Waals surface area contributed by atoms with Crippen molar-refractivity contribution in [3.05, 3.63) is 68.9 Å². The Bertz CT molecular complexity index is 555. The van der Waals surface area contributed by atoms with Gasteiger partial charge in [0.05, 0.1) is 6.10 Å². The van der Waals surface area contributed by atoms with Crippen LogP contribution in [0.25, 0.3) is 0 Å². The van der Waals surface area contributed by atoms with E-state index in [9.17, 15) is 9.50 Å². The Morgan fingerprint density at radius 2 is 1.68 bits per heavy atom. The molecule has 2 aromatic carbocycles.